The lowest BCUT2D eigenvalue weighted by atomic mass is 9.91. The number of aromatic amines is 1. The third-order valence-electron chi connectivity index (χ3n) is 5.83. The highest BCUT2D eigenvalue weighted by molar-refractivity contribution is 5.81. The molecule has 0 aliphatic heterocycles. The van der Waals surface area contributed by atoms with Gasteiger partial charge < -0.3 is 10.3 Å². The summed E-state index contributed by atoms with van der Waals surface area (Å²) in [6, 6.07) is 7.97. The van der Waals surface area contributed by atoms with Crippen LogP contribution in [0, 0.1) is 23.7 Å². The lowest BCUT2D eigenvalue weighted by molar-refractivity contribution is -0.127. The number of carbonyl (C=O) groups is 1. The van der Waals surface area contributed by atoms with E-state index >= 15 is 0 Å². The second kappa shape index (κ2) is 6.08. The molecule has 0 radical (unpaired) electrons. The van der Waals surface area contributed by atoms with Crippen molar-refractivity contribution in [2.24, 2.45) is 23.7 Å². The Morgan fingerprint density at radius 1 is 1.33 bits per heavy atom. The number of H-pyrrole nitrogens is 1. The molecule has 4 rings (SSSR count). The molecule has 1 saturated carbocycles. The van der Waals surface area contributed by atoms with E-state index in [-0.39, 0.29) is 17.9 Å². The van der Waals surface area contributed by atoms with E-state index in [9.17, 15) is 4.79 Å². The Labute approximate surface area is 142 Å². The van der Waals surface area contributed by atoms with Gasteiger partial charge in [-0.05, 0) is 42.7 Å². The van der Waals surface area contributed by atoms with Crippen molar-refractivity contribution in [2.75, 3.05) is 0 Å². The molecule has 1 amide bonds. The molecule has 0 spiro atoms. The van der Waals surface area contributed by atoms with Crippen LogP contribution >= 0.6 is 0 Å². The number of hydrogen-bond acceptors (Lipinski definition) is 2. The molecular formula is C20H25N3O. The average Bonchev–Trinajstić information content (AvgIpc) is 3.32. The summed E-state index contributed by atoms with van der Waals surface area (Å²) in [5.41, 5.74) is 1.98. The van der Waals surface area contributed by atoms with Crippen molar-refractivity contribution in [1.29, 1.82) is 0 Å². The fourth-order valence-electron chi connectivity index (χ4n) is 4.18. The van der Waals surface area contributed by atoms with Gasteiger partial charge in [0.1, 0.15) is 5.82 Å². The zero-order valence-electron chi connectivity index (χ0n) is 14.3. The highest BCUT2D eigenvalue weighted by Gasteiger charge is 2.40. The van der Waals surface area contributed by atoms with E-state index in [4.69, 9.17) is 4.98 Å². The summed E-state index contributed by atoms with van der Waals surface area (Å²) in [6.45, 7) is 4.34. The van der Waals surface area contributed by atoms with Gasteiger partial charge in [0.2, 0.25) is 5.91 Å². The zero-order valence-corrected chi connectivity index (χ0v) is 14.3. The van der Waals surface area contributed by atoms with Crippen LogP contribution in [0.2, 0.25) is 0 Å². The van der Waals surface area contributed by atoms with Gasteiger partial charge in [0, 0.05) is 5.92 Å². The van der Waals surface area contributed by atoms with Crippen molar-refractivity contribution in [3.05, 3.63) is 42.2 Å². The molecule has 4 heteroatoms. The molecule has 126 valence electrons. The number of carbonyl (C=O) groups excluding carboxylic acids is 1. The summed E-state index contributed by atoms with van der Waals surface area (Å²) >= 11 is 0. The number of benzene rings is 1. The maximum atomic E-state index is 12.9. The Bertz CT molecular complexity index is 745. The summed E-state index contributed by atoms with van der Waals surface area (Å²) in [6.07, 6.45) is 7.66. The van der Waals surface area contributed by atoms with Gasteiger partial charge >= 0.3 is 0 Å². The van der Waals surface area contributed by atoms with Crippen molar-refractivity contribution in [3.63, 3.8) is 0 Å². The summed E-state index contributed by atoms with van der Waals surface area (Å²) in [7, 11) is 0. The minimum Gasteiger partial charge on any atom is -0.346 e. The van der Waals surface area contributed by atoms with Gasteiger partial charge in [-0.25, -0.2) is 4.98 Å². The summed E-state index contributed by atoms with van der Waals surface area (Å²) in [5.74, 6) is 2.58. The number of hydrogen-bond donors (Lipinski definition) is 2. The van der Waals surface area contributed by atoms with E-state index in [1.54, 1.807) is 0 Å². The molecule has 4 nitrogen and oxygen atoms in total. The Hall–Kier alpha value is -2.10. The van der Waals surface area contributed by atoms with E-state index in [0.29, 0.717) is 17.8 Å². The number of aromatic nitrogens is 2. The van der Waals surface area contributed by atoms with E-state index < -0.39 is 0 Å². The number of nitrogens with one attached hydrogen (secondary N) is 2. The van der Waals surface area contributed by atoms with Gasteiger partial charge in [-0.15, -0.1) is 0 Å². The standard InChI is InChI=1S/C20H25N3O/c1-3-12(2)18(19-21-16-6-4-5-7-17(16)22-19)23-20(24)15-11-13-8-9-14(15)10-13/h4-9,12-15,18H,3,10-11H2,1-2H3,(H,21,22)(H,23,24). The maximum Gasteiger partial charge on any atom is 0.224 e. The molecule has 1 heterocycles. The molecule has 24 heavy (non-hydrogen) atoms. The Morgan fingerprint density at radius 3 is 2.83 bits per heavy atom. The minimum absolute atomic E-state index is 0.0574. The van der Waals surface area contributed by atoms with Gasteiger partial charge in [-0.1, -0.05) is 44.6 Å². The van der Waals surface area contributed by atoms with Crippen LogP contribution in [0.4, 0.5) is 0 Å². The number of fused-ring (bicyclic) bond motifs is 3. The van der Waals surface area contributed by atoms with Crippen LogP contribution in [-0.4, -0.2) is 15.9 Å². The Balaban J connectivity index is 1.57. The van der Waals surface area contributed by atoms with Crippen molar-refractivity contribution >= 4 is 16.9 Å². The van der Waals surface area contributed by atoms with Crippen LogP contribution in [0.1, 0.15) is 45.0 Å². The van der Waals surface area contributed by atoms with E-state index in [1.807, 2.05) is 24.3 Å². The van der Waals surface area contributed by atoms with Crippen LogP contribution in [0.5, 0.6) is 0 Å². The first-order valence-electron chi connectivity index (χ1n) is 9.09. The molecule has 2 N–H and O–H groups in total. The fourth-order valence-corrected chi connectivity index (χ4v) is 4.18. The molecule has 5 atom stereocenters. The summed E-state index contributed by atoms with van der Waals surface area (Å²) < 4.78 is 0. The average molecular weight is 323 g/mol. The molecular weight excluding hydrogens is 298 g/mol. The van der Waals surface area contributed by atoms with Gasteiger partial charge in [-0.2, -0.15) is 0 Å². The zero-order chi connectivity index (χ0) is 16.7. The Kier molecular flexibility index (Phi) is 3.91. The summed E-state index contributed by atoms with van der Waals surface area (Å²) in [5, 5.41) is 3.31. The Morgan fingerprint density at radius 2 is 2.17 bits per heavy atom. The third kappa shape index (κ3) is 2.64. The normalized spacial score (nSPS) is 27.5. The second-order valence-corrected chi connectivity index (χ2v) is 7.40. The van der Waals surface area contributed by atoms with Crippen LogP contribution < -0.4 is 5.32 Å². The molecule has 1 fully saturated rings. The van der Waals surface area contributed by atoms with Gasteiger partial charge in [-0.3, -0.25) is 4.79 Å². The second-order valence-electron chi connectivity index (χ2n) is 7.40. The number of rotatable bonds is 5. The molecule has 1 aromatic heterocycles. The predicted octanol–water partition coefficient (Wildman–Crippen LogP) is 3.98. The summed E-state index contributed by atoms with van der Waals surface area (Å²) in [4.78, 5) is 21.0. The number of imidazole rings is 1. The van der Waals surface area contributed by atoms with Gasteiger partial charge in [0.05, 0.1) is 17.1 Å². The first-order valence-corrected chi connectivity index (χ1v) is 9.09. The molecule has 5 unspecified atom stereocenters. The van der Waals surface area contributed by atoms with E-state index in [1.165, 1.54) is 0 Å². The monoisotopic (exact) mass is 323 g/mol. The number of amides is 1. The van der Waals surface area contributed by atoms with Crippen LogP contribution in [0.3, 0.4) is 0 Å². The lowest BCUT2D eigenvalue weighted by Gasteiger charge is -2.26. The van der Waals surface area contributed by atoms with Crippen molar-refractivity contribution in [2.45, 2.75) is 39.2 Å². The SMILES string of the molecule is CCC(C)C(NC(=O)C1CC2C=CC1C2)c1nc2ccccc2[nH]1. The molecule has 2 bridgehead atoms. The topological polar surface area (TPSA) is 57.8 Å². The van der Waals surface area contributed by atoms with Crippen molar-refractivity contribution < 1.29 is 4.79 Å². The molecule has 2 aliphatic rings. The lowest BCUT2D eigenvalue weighted by Crippen LogP contribution is -2.38. The molecule has 0 saturated heterocycles. The first-order chi connectivity index (χ1) is 11.7. The fraction of sp³-hybridized carbons (Fsp3) is 0.500. The molecule has 1 aromatic carbocycles. The predicted molar refractivity (Wildman–Crippen MR) is 95.3 cm³/mol. The van der Waals surface area contributed by atoms with Crippen LogP contribution in [0.15, 0.2) is 36.4 Å². The van der Waals surface area contributed by atoms with E-state index in [2.05, 4.69) is 36.3 Å². The first kappa shape index (κ1) is 15.4. The van der Waals surface area contributed by atoms with Crippen molar-refractivity contribution in [3.8, 4) is 0 Å². The quantitative estimate of drug-likeness (QED) is 0.818. The van der Waals surface area contributed by atoms with E-state index in [0.717, 1.165) is 36.1 Å². The number of nitrogens with zero attached hydrogens (tertiary/aromatic N) is 1. The smallest absolute Gasteiger partial charge is 0.224 e. The van der Waals surface area contributed by atoms with Gasteiger partial charge in [0.25, 0.3) is 0 Å². The molecule has 2 aromatic rings. The minimum atomic E-state index is -0.0574. The molecule has 2 aliphatic carbocycles. The van der Waals surface area contributed by atoms with Crippen molar-refractivity contribution in [1.82, 2.24) is 15.3 Å². The van der Waals surface area contributed by atoms with Crippen LogP contribution in [-0.2, 0) is 4.79 Å². The van der Waals surface area contributed by atoms with Gasteiger partial charge in [0.15, 0.2) is 0 Å². The highest BCUT2D eigenvalue weighted by atomic mass is 16.2. The highest BCUT2D eigenvalue weighted by Crippen LogP contribution is 2.43. The number of allylic oxidation sites excluding steroid dienone is 2. The largest absolute Gasteiger partial charge is 0.346 e. The third-order valence-corrected chi connectivity index (χ3v) is 5.83. The van der Waals surface area contributed by atoms with Crippen LogP contribution in [0.25, 0.3) is 11.0 Å². The number of para-hydroxylation sites is 2. The maximum absolute atomic E-state index is 12.9.